The van der Waals surface area contributed by atoms with Gasteiger partial charge in [-0.25, -0.2) is 8.42 Å². The number of piperidine rings is 1. The summed E-state index contributed by atoms with van der Waals surface area (Å²) in [5, 5.41) is 2.94. The SMILES string of the molecule is CN(C)Cc1cccc(C(=O)N[C@H](COCc2ccccc2)C(=O)N2CCC3(CC2)CN(S(C)(=O)=O)c2ccccc23)c1. The third kappa shape index (κ3) is 7.09. The molecule has 2 heterocycles. The fourth-order valence-electron chi connectivity index (χ4n) is 6.14. The molecule has 2 amide bonds. The second-order valence-corrected chi connectivity index (χ2v) is 13.8. The molecule has 10 heteroatoms. The number of carbonyl (C=O) groups excluding carboxylic acids is 2. The first-order valence-electron chi connectivity index (χ1n) is 14.6. The number of anilines is 1. The van der Waals surface area contributed by atoms with Crippen LogP contribution in [0.25, 0.3) is 0 Å². The minimum absolute atomic E-state index is 0.0309. The van der Waals surface area contributed by atoms with Crippen LogP contribution in [0.2, 0.25) is 0 Å². The number of carbonyl (C=O) groups is 2. The van der Waals surface area contributed by atoms with Crippen LogP contribution < -0.4 is 9.62 Å². The highest BCUT2D eigenvalue weighted by atomic mass is 32.2. The lowest BCUT2D eigenvalue weighted by Crippen LogP contribution is -2.55. The van der Waals surface area contributed by atoms with Gasteiger partial charge in [-0.05, 0) is 61.8 Å². The molecule has 9 nitrogen and oxygen atoms in total. The van der Waals surface area contributed by atoms with Crippen molar-refractivity contribution in [1.82, 2.24) is 15.1 Å². The number of hydrogen-bond acceptors (Lipinski definition) is 6. The van der Waals surface area contributed by atoms with Crippen molar-refractivity contribution >= 4 is 27.5 Å². The number of sulfonamides is 1. The van der Waals surface area contributed by atoms with E-state index in [0.717, 1.165) is 22.4 Å². The maximum Gasteiger partial charge on any atom is 0.252 e. The predicted octanol–water partition coefficient (Wildman–Crippen LogP) is 3.40. The van der Waals surface area contributed by atoms with E-state index >= 15 is 0 Å². The summed E-state index contributed by atoms with van der Waals surface area (Å²) >= 11 is 0. The molecule has 3 aromatic rings. The van der Waals surface area contributed by atoms with Crippen LogP contribution in [0.1, 0.15) is 39.9 Å². The van der Waals surface area contributed by atoms with Crippen LogP contribution in [-0.2, 0) is 38.1 Å². The highest BCUT2D eigenvalue weighted by molar-refractivity contribution is 7.92. The van der Waals surface area contributed by atoms with Crippen LogP contribution in [-0.4, -0.2) is 82.7 Å². The Morgan fingerprint density at radius 3 is 2.33 bits per heavy atom. The number of benzene rings is 3. The van der Waals surface area contributed by atoms with Crippen LogP contribution in [0.3, 0.4) is 0 Å². The Bertz CT molecular complexity index is 1550. The lowest BCUT2D eigenvalue weighted by atomic mass is 9.74. The summed E-state index contributed by atoms with van der Waals surface area (Å²) in [4.78, 5) is 31.1. The van der Waals surface area contributed by atoms with Gasteiger partial charge in [0.2, 0.25) is 15.9 Å². The van der Waals surface area contributed by atoms with E-state index in [4.69, 9.17) is 4.74 Å². The highest BCUT2D eigenvalue weighted by Crippen LogP contribution is 2.47. The van der Waals surface area contributed by atoms with Crippen molar-refractivity contribution in [3.63, 3.8) is 0 Å². The Labute approximate surface area is 254 Å². The molecule has 5 rings (SSSR count). The predicted molar refractivity (Wildman–Crippen MR) is 167 cm³/mol. The largest absolute Gasteiger partial charge is 0.374 e. The van der Waals surface area contributed by atoms with Gasteiger partial charge in [0.1, 0.15) is 6.04 Å². The topological polar surface area (TPSA) is 99.3 Å². The molecule has 1 N–H and O–H groups in total. The molecule has 0 saturated carbocycles. The van der Waals surface area contributed by atoms with Crippen molar-refractivity contribution in [2.45, 2.75) is 37.5 Å². The Morgan fingerprint density at radius 1 is 0.953 bits per heavy atom. The molecular formula is C33H40N4O5S. The maximum atomic E-state index is 13.9. The van der Waals surface area contributed by atoms with Gasteiger partial charge in [-0.15, -0.1) is 0 Å². The average molecular weight is 605 g/mol. The molecule has 0 radical (unpaired) electrons. The van der Waals surface area contributed by atoms with Crippen LogP contribution in [0.15, 0.2) is 78.9 Å². The van der Waals surface area contributed by atoms with Gasteiger partial charge in [-0.1, -0.05) is 60.7 Å². The lowest BCUT2D eigenvalue weighted by molar-refractivity contribution is -0.136. The molecule has 0 aliphatic carbocycles. The number of fused-ring (bicyclic) bond motifs is 2. The first-order chi connectivity index (χ1) is 20.6. The number of nitrogens with zero attached hydrogens (tertiary/aromatic N) is 3. The first kappa shape index (κ1) is 30.7. The number of amides is 2. The molecule has 1 spiro atoms. The molecule has 1 fully saturated rings. The average Bonchev–Trinajstić information content (AvgIpc) is 3.31. The van der Waals surface area contributed by atoms with Crippen molar-refractivity contribution in [3.8, 4) is 0 Å². The summed E-state index contributed by atoms with van der Waals surface area (Å²) in [5.41, 5.74) is 3.85. The Kier molecular flexibility index (Phi) is 9.19. The molecule has 1 saturated heterocycles. The van der Waals surface area contributed by atoms with Gasteiger partial charge in [0.05, 0.1) is 25.2 Å². The minimum Gasteiger partial charge on any atom is -0.374 e. The molecule has 2 aliphatic rings. The normalized spacial score (nSPS) is 16.7. The van der Waals surface area contributed by atoms with E-state index in [-0.39, 0.29) is 23.8 Å². The minimum atomic E-state index is -3.43. The number of ether oxygens (including phenoxy) is 1. The van der Waals surface area contributed by atoms with Gasteiger partial charge in [0, 0.05) is 37.2 Å². The van der Waals surface area contributed by atoms with Gasteiger partial charge >= 0.3 is 0 Å². The Hall–Kier alpha value is -3.73. The van der Waals surface area contributed by atoms with Crippen LogP contribution in [0, 0.1) is 0 Å². The zero-order chi connectivity index (χ0) is 30.6. The molecule has 0 bridgehead atoms. The Morgan fingerprint density at radius 2 is 1.63 bits per heavy atom. The van der Waals surface area contributed by atoms with E-state index in [0.29, 0.717) is 51.2 Å². The number of rotatable bonds is 10. The maximum absolute atomic E-state index is 13.9. The fraction of sp³-hybridized carbons (Fsp3) is 0.394. The van der Waals surface area contributed by atoms with Crippen LogP contribution in [0.5, 0.6) is 0 Å². The highest BCUT2D eigenvalue weighted by Gasteiger charge is 2.47. The third-order valence-electron chi connectivity index (χ3n) is 8.31. The van der Waals surface area contributed by atoms with E-state index in [1.807, 2.05) is 91.8 Å². The quantitative estimate of drug-likeness (QED) is 0.381. The van der Waals surface area contributed by atoms with E-state index in [1.165, 1.54) is 10.6 Å². The second-order valence-electron chi connectivity index (χ2n) is 11.9. The fourth-order valence-corrected chi connectivity index (χ4v) is 7.14. The molecule has 0 aromatic heterocycles. The summed E-state index contributed by atoms with van der Waals surface area (Å²) < 4.78 is 32.6. The summed E-state index contributed by atoms with van der Waals surface area (Å²) in [6.45, 7) is 2.32. The zero-order valence-electron chi connectivity index (χ0n) is 25.0. The van der Waals surface area contributed by atoms with Gasteiger partial charge in [0.25, 0.3) is 5.91 Å². The van der Waals surface area contributed by atoms with Gasteiger partial charge in [-0.2, -0.15) is 0 Å². The van der Waals surface area contributed by atoms with Crippen molar-refractivity contribution in [2.24, 2.45) is 0 Å². The van der Waals surface area contributed by atoms with Crippen molar-refractivity contribution < 1.29 is 22.7 Å². The van der Waals surface area contributed by atoms with Crippen LogP contribution >= 0.6 is 0 Å². The van der Waals surface area contributed by atoms with Gasteiger partial charge in [0.15, 0.2) is 0 Å². The molecule has 228 valence electrons. The summed E-state index contributed by atoms with van der Waals surface area (Å²) in [6, 6.07) is 23.9. The number of hydrogen-bond donors (Lipinski definition) is 1. The molecule has 43 heavy (non-hydrogen) atoms. The number of nitrogens with one attached hydrogen (secondary N) is 1. The third-order valence-corrected chi connectivity index (χ3v) is 9.44. The zero-order valence-corrected chi connectivity index (χ0v) is 25.8. The second kappa shape index (κ2) is 12.9. The number of likely N-dealkylation sites (tertiary alicyclic amines) is 1. The van der Waals surface area contributed by atoms with E-state index in [9.17, 15) is 18.0 Å². The van der Waals surface area contributed by atoms with Gasteiger partial charge in [-0.3, -0.25) is 13.9 Å². The first-order valence-corrected chi connectivity index (χ1v) is 16.4. The summed E-state index contributed by atoms with van der Waals surface area (Å²) in [5.74, 6) is -0.531. The van der Waals surface area contributed by atoms with Crippen molar-refractivity contribution in [3.05, 3.63) is 101 Å². The Balaban J connectivity index is 1.30. The van der Waals surface area contributed by atoms with E-state index in [2.05, 4.69) is 5.32 Å². The van der Waals surface area contributed by atoms with Crippen molar-refractivity contribution in [1.29, 1.82) is 0 Å². The van der Waals surface area contributed by atoms with E-state index < -0.39 is 16.1 Å². The van der Waals surface area contributed by atoms with Gasteiger partial charge < -0.3 is 19.9 Å². The molecule has 1 atom stereocenters. The molecule has 0 unspecified atom stereocenters. The smallest absolute Gasteiger partial charge is 0.252 e. The summed E-state index contributed by atoms with van der Waals surface area (Å²) in [6.07, 6.45) is 2.49. The molecule has 2 aliphatic heterocycles. The molecular weight excluding hydrogens is 564 g/mol. The summed E-state index contributed by atoms with van der Waals surface area (Å²) in [7, 11) is 0.507. The number of para-hydroxylation sites is 1. The monoisotopic (exact) mass is 604 g/mol. The van der Waals surface area contributed by atoms with Crippen molar-refractivity contribution in [2.75, 3.05) is 50.9 Å². The lowest BCUT2D eigenvalue weighted by Gasteiger charge is -2.40. The van der Waals surface area contributed by atoms with E-state index in [1.54, 1.807) is 11.0 Å². The standard InChI is InChI=1S/C33H40N4O5S/c1-35(2)21-26-12-9-13-27(20-26)31(38)34-29(23-42-22-25-10-5-4-6-11-25)32(39)36-18-16-33(17-19-36)24-37(43(3,40)41)30-15-8-7-14-28(30)33/h4-15,20,29H,16-19,21-24H2,1-3H3,(H,34,38)/t29-/m1/s1. The van der Waals surface area contributed by atoms with Crippen LogP contribution in [0.4, 0.5) is 5.69 Å². The molecule has 3 aromatic carbocycles.